The molecule has 0 saturated carbocycles. The monoisotopic (exact) mass is 230 g/mol. The van der Waals surface area contributed by atoms with Crippen molar-refractivity contribution in [1.82, 2.24) is 10.3 Å². The summed E-state index contributed by atoms with van der Waals surface area (Å²) in [5.41, 5.74) is -0.759. The zero-order chi connectivity index (χ0) is 12.1. The molecule has 0 spiro atoms. The summed E-state index contributed by atoms with van der Waals surface area (Å²) < 4.78 is 24.8. The molecule has 1 aromatic heterocycles. The van der Waals surface area contributed by atoms with Gasteiger partial charge in [0.2, 0.25) is 0 Å². The van der Waals surface area contributed by atoms with Gasteiger partial charge in [0.1, 0.15) is 5.56 Å². The highest BCUT2D eigenvalue weighted by molar-refractivity contribution is 5.93. The number of aromatic amines is 1. The summed E-state index contributed by atoms with van der Waals surface area (Å²) in [6.45, 7) is 1.53. The van der Waals surface area contributed by atoms with Gasteiger partial charge in [0.25, 0.3) is 17.9 Å². The molecule has 1 atom stereocenters. The first-order valence-corrected chi connectivity index (χ1v) is 4.83. The molecule has 1 unspecified atom stereocenters. The van der Waals surface area contributed by atoms with Gasteiger partial charge in [-0.1, -0.05) is 6.92 Å². The van der Waals surface area contributed by atoms with Crippen molar-refractivity contribution in [2.24, 2.45) is 0 Å². The lowest BCUT2D eigenvalue weighted by Gasteiger charge is -2.15. The van der Waals surface area contributed by atoms with Gasteiger partial charge in [-0.05, 0) is 18.6 Å². The maximum atomic E-state index is 12.4. The minimum absolute atomic E-state index is 0.105. The number of carbonyl (C=O) groups excluding carboxylic acids is 1. The van der Waals surface area contributed by atoms with E-state index in [2.05, 4.69) is 10.3 Å². The third kappa shape index (κ3) is 2.88. The van der Waals surface area contributed by atoms with Crippen LogP contribution >= 0.6 is 0 Å². The van der Waals surface area contributed by atoms with E-state index in [-0.39, 0.29) is 12.0 Å². The number of alkyl halides is 2. The van der Waals surface area contributed by atoms with E-state index in [9.17, 15) is 18.4 Å². The minimum atomic E-state index is -2.64. The molecule has 2 N–H and O–H groups in total. The van der Waals surface area contributed by atoms with E-state index in [0.717, 1.165) is 0 Å². The summed E-state index contributed by atoms with van der Waals surface area (Å²) in [6, 6.07) is 1.51. The molecule has 88 valence electrons. The molecule has 0 saturated heterocycles. The fourth-order valence-electron chi connectivity index (χ4n) is 1.19. The second kappa shape index (κ2) is 5.39. The lowest BCUT2D eigenvalue weighted by atomic mass is 10.2. The average Bonchev–Trinajstić information content (AvgIpc) is 2.25. The number of pyridine rings is 1. The average molecular weight is 230 g/mol. The van der Waals surface area contributed by atoms with E-state index in [0.29, 0.717) is 0 Å². The summed E-state index contributed by atoms with van der Waals surface area (Å²) >= 11 is 0. The van der Waals surface area contributed by atoms with Crippen molar-refractivity contribution < 1.29 is 13.6 Å². The van der Waals surface area contributed by atoms with Crippen LogP contribution in [0.1, 0.15) is 23.7 Å². The molecule has 4 nitrogen and oxygen atoms in total. The largest absolute Gasteiger partial charge is 0.343 e. The van der Waals surface area contributed by atoms with Crippen LogP contribution in [0.5, 0.6) is 0 Å². The number of amides is 1. The van der Waals surface area contributed by atoms with Gasteiger partial charge in [-0.2, -0.15) is 0 Å². The first-order chi connectivity index (χ1) is 7.56. The van der Waals surface area contributed by atoms with Crippen LogP contribution in [0.2, 0.25) is 0 Å². The molecule has 0 radical (unpaired) electrons. The predicted octanol–water partition coefficient (Wildman–Crippen LogP) is 1.15. The molecule has 1 heterocycles. The minimum Gasteiger partial charge on any atom is -0.343 e. The summed E-state index contributed by atoms with van der Waals surface area (Å²) in [7, 11) is 0. The number of rotatable bonds is 4. The van der Waals surface area contributed by atoms with Gasteiger partial charge in [-0.3, -0.25) is 9.59 Å². The Morgan fingerprint density at radius 1 is 1.56 bits per heavy atom. The van der Waals surface area contributed by atoms with E-state index in [1.165, 1.54) is 25.3 Å². The van der Waals surface area contributed by atoms with Crippen molar-refractivity contribution in [3.8, 4) is 0 Å². The van der Waals surface area contributed by atoms with Gasteiger partial charge < -0.3 is 10.3 Å². The maximum absolute atomic E-state index is 12.4. The van der Waals surface area contributed by atoms with Crippen LogP contribution in [-0.2, 0) is 0 Å². The quantitative estimate of drug-likeness (QED) is 0.815. The second-order valence-electron chi connectivity index (χ2n) is 3.24. The van der Waals surface area contributed by atoms with Gasteiger partial charge in [0.05, 0.1) is 6.04 Å². The molecule has 1 amide bonds. The van der Waals surface area contributed by atoms with Gasteiger partial charge in [0.15, 0.2) is 0 Å². The molecule has 1 aromatic rings. The molecule has 0 aliphatic carbocycles. The Kier molecular flexibility index (Phi) is 4.16. The number of aromatic nitrogens is 1. The summed E-state index contributed by atoms with van der Waals surface area (Å²) in [5, 5.41) is 2.11. The third-order valence-corrected chi connectivity index (χ3v) is 2.12. The van der Waals surface area contributed by atoms with Crippen LogP contribution < -0.4 is 10.9 Å². The van der Waals surface area contributed by atoms with E-state index in [4.69, 9.17) is 0 Å². The number of hydrogen-bond acceptors (Lipinski definition) is 2. The number of nitrogens with one attached hydrogen (secondary N) is 2. The van der Waals surface area contributed by atoms with Crippen molar-refractivity contribution in [2.75, 3.05) is 0 Å². The van der Waals surface area contributed by atoms with Crippen LogP contribution in [0.25, 0.3) is 0 Å². The number of hydrogen-bond donors (Lipinski definition) is 2. The summed E-state index contributed by atoms with van der Waals surface area (Å²) in [5.74, 6) is -0.783. The predicted molar refractivity (Wildman–Crippen MR) is 54.6 cm³/mol. The Balaban J connectivity index is 2.80. The molecule has 0 bridgehead atoms. The Morgan fingerprint density at radius 2 is 2.25 bits per heavy atom. The van der Waals surface area contributed by atoms with Gasteiger partial charge in [-0.15, -0.1) is 0 Å². The molecular weight excluding hydrogens is 218 g/mol. The number of halogens is 2. The molecule has 1 rings (SSSR count). The normalized spacial score (nSPS) is 12.5. The lowest BCUT2D eigenvalue weighted by Crippen LogP contribution is -2.41. The third-order valence-electron chi connectivity index (χ3n) is 2.12. The van der Waals surface area contributed by atoms with E-state index < -0.39 is 23.9 Å². The Morgan fingerprint density at radius 3 is 2.75 bits per heavy atom. The number of H-pyrrole nitrogens is 1. The van der Waals surface area contributed by atoms with Gasteiger partial charge >= 0.3 is 0 Å². The lowest BCUT2D eigenvalue weighted by molar-refractivity contribution is 0.0736. The van der Waals surface area contributed by atoms with Gasteiger partial charge in [0, 0.05) is 6.20 Å². The van der Waals surface area contributed by atoms with E-state index in [1.54, 1.807) is 0 Å². The van der Waals surface area contributed by atoms with Gasteiger partial charge in [-0.25, -0.2) is 8.78 Å². The Bertz CT molecular complexity index is 417. The molecule has 0 aromatic carbocycles. The highest BCUT2D eigenvalue weighted by Crippen LogP contribution is 2.05. The van der Waals surface area contributed by atoms with E-state index >= 15 is 0 Å². The maximum Gasteiger partial charge on any atom is 0.260 e. The van der Waals surface area contributed by atoms with Crippen LogP contribution in [0.4, 0.5) is 8.78 Å². The van der Waals surface area contributed by atoms with Crippen molar-refractivity contribution in [2.45, 2.75) is 25.8 Å². The Labute approximate surface area is 90.7 Å². The summed E-state index contributed by atoms with van der Waals surface area (Å²) in [4.78, 5) is 25.0. The SMILES string of the molecule is CCC(NC(=O)c1ccc[nH]c1=O)C(F)F. The fraction of sp³-hybridized carbons (Fsp3) is 0.400. The van der Waals surface area contributed by atoms with Crippen LogP contribution in [0.3, 0.4) is 0 Å². The summed E-state index contributed by atoms with van der Waals surface area (Å²) in [6.07, 6.45) is -1.17. The first kappa shape index (κ1) is 12.4. The van der Waals surface area contributed by atoms with E-state index in [1.807, 2.05) is 0 Å². The zero-order valence-electron chi connectivity index (χ0n) is 8.67. The van der Waals surface area contributed by atoms with Crippen LogP contribution in [0, 0.1) is 0 Å². The molecule has 0 fully saturated rings. The van der Waals surface area contributed by atoms with Crippen molar-refractivity contribution in [1.29, 1.82) is 0 Å². The highest BCUT2D eigenvalue weighted by Gasteiger charge is 2.21. The molecule has 6 heteroatoms. The smallest absolute Gasteiger partial charge is 0.260 e. The highest BCUT2D eigenvalue weighted by atomic mass is 19.3. The second-order valence-corrected chi connectivity index (χ2v) is 3.24. The van der Waals surface area contributed by atoms with Crippen molar-refractivity contribution in [3.63, 3.8) is 0 Å². The number of carbonyl (C=O) groups is 1. The fourth-order valence-corrected chi connectivity index (χ4v) is 1.19. The Hall–Kier alpha value is -1.72. The van der Waals surface area contributed by atoms with Crippen molar-refractivity contribution in [3.05, 3.63) is 34.2 Å². The molecule has 0 aliphatic heterocycles. The first-order valence-electron chi connectivity index (χ1n) is 4.83. The standard InChI is InChI=1S/C10H12F2N2O2/c1-2-7(8(11)12)14-10(16)6-4-3-5-13-9(6)15/h3-5,7-8H,2H2,1H3,(H,13,15)(H,14,16). The van der Waals surface area contributed by atoms with Crippen molar-refractivity contribution >= 4 is 5.91 Å². The molecule has 0 aliphatic rings. The zero-order valence-corrected chi connectivity index (χ0v) is 8.67. The van der Waals surface area contributed by atoms with Crippen LogP contribution in [0.15, 0.2) is 23.1 Å². The topological polar surface area (TPSA) is 62.0 Å². The molecular formula is C10H12F2N2O2. The van der Waals surface area contributed by atoms with Crippen LogP contribution in [-0.4, -0.2) is 23.4 Å². The molecule has 16 heavy (non-hydrogen) atoms.